The predicted molar refractivity (Wildman–Crippen MR) is 78.7 cm³/mol. The van der Waals surface area contributed by atoms with Gasteiger partial charge in [-0.15, -0.1) is 0 Å². The molecule has 1 atom stereocenters. The van der Waals surface area contributed by atoms with Gasteiger partial charge in [-0.1, -0.05) is 19.3 Å². The average Bonchev–Trinajstić information content (AvgIpc) is 2.96. The molecule has 1 saturated carbocycles. The minimum absolute atomic E-state index is 0.0322. The molecule has 1 spiro atoms. The van der Waals surface area contributed by atoms with Crippen LogP contribution >= 0.6 is 0 Å². The lowest BCUT2D eigenvalue weighted by Crippen LogP contribution is -2.75. The molecule has 0 aromatic rings. The average molecular weight is 294 g/mol. The molecule has 1 N–H and O–H groups in total. The van der Waals surface area contributed by atoms with Crippen LogP contribution in [-0.4, -0.2) is 47.0 Å². The maximum atomic E-state index is 12.9. The molecule has 2 saturated heterocycles. The molecule has 2 aliphatic heterocycles. The van der Waals surface area contributed by atoms with Crippen LogP contribution in [0.25, 0.3) is 0 Å². The topological polar surface area (TPSA) is 58.6 Å². The van der Waals surface area contributed by atoms with Crippen molar-refractivity contribution in [3.05, 3.63) is 0 Å². The SMILES string of the molecule is CC1(C)NC(=O)C2(CCCCC2)N(CC2CCCO2)C1=O. The highest BCUT2D eigenvalue weighted by molar-refractivity contribution is 6.02. The van der Waals surface area contributed by atoms with Crippen LogP contribution in [0.3, 0.4) is 0 Å². The van der Waals surface area contributed by atoms with Crippen molar-refractivity contribution < 1.29 is 14.3 Å². The van der Waals surface area contributed by atoms with E-state index in [0.29, 0.717) is 6.54 Å². The summed E-state index contributed by atoms with van der Waals surface area (Å²) in [6, 6.07) is 0. The first kappa shape index (κ1) is 14.8. The fraction of sp³-hybridized carbons (Fsp3) is 0.875. The third-order valence-corrected chi connectivity index (χ3v) is 5.24. The molecule has 0 bridgehead atoms. The quantitative estimate of drug-likeness (QED) is 0.841. The van der Waals surface area contributed by atoms with Gasteiger partial charge in [0.1, 0.15) is 11.1 Å². The molecular weight excluding hydrogens is 268 g/mol. The van der Waals surface area contributed by atoms with Gasteiger partial charge in [0.2, 0.25) is 11.8 Å². The molecule has 1 unspecified atom stereocenters. The zero-order valence-corrected chi connectivity index (χ0v) is 13.1. The lowest BCUT2D eigenvalue weighted by Gasteiger charge is -2.52. The minimum Gasteiger partial charge on any atom is -0.376 e. The summed E-state index contributed by atoms with van der Waals surface area (Å²) in [7, 11) is 0. The second-order valence-corrected chi connectivity index (χ2v) is 7.22. The molecule has 5 heteroatoms. The van der Waals surface area contributed by atoms with Crippen LogP contribution in [0.5, 0.6) is 0 Å². The first-order chi connectivity index (χ1) is 9.96. The van der Waals surface area contributed by atoms with Gasteiger partial charge in [-0.3, -0.25) is 9.59 Å². The Bertz CT molecular complexity index is 435. The number of carbonyl (C=O) groups excluding carboxylic acids is 2. The molecule has 3 rings (SSSR count). The summed E-state index contributed by atoms with van der Waals surface area (Å²) in [6.45, 7) is 4.93. The zero-order valence-electron chi connectivity index (χ0n) is 13.1. The Morgan fingerprint density at radius 3 is 2.52 bits per heavy atom. The van der Waals surface area contributed by atoms with E-state index in [1.165, 1.54) is 0 Å². The molecule has 0 radical (unpaired) electrons. The van der Waals surface area contributed by atoms with Crippen molar-refractivity contribution in [2.75, 3.05) is 13.2 Å². The lowest BCUT2D eigenvalue weighted by atomic mass is 9.75. The van der Waals surface area contributed by atoms with Crippen LogP contribution in [0.2, 0.25) is 0 Å². The number of nitrogens with zero attached hydrogens (tertiary/aromatic N) is 1. The van der Waals surface area contributed by atoms with E-state index in [9.17, 15) is 9.59 Å². The van der Waals surface area contributed by atoms with Crippen LogP contribution in [0.15, 0.2) is 0 Å². The number of hydrogen-bond acceptors (Lipinski definition) is 3. The fourth-order valence-corrected chi connectivity index (χ4v) is 3.99. The molecule has 0 aromatic carbocycles. The van der Waals surface area contributed by atoms with Crippen molar-refractivity contribution in [2.24, 2.45) is 0 Å². The summed E-state index contributed by atoms with van der Waals surface area (Å²) < 4.78 is 5.72. The predicted octanol–water partition coefficient (Wildman–Crippen LogP) is 1.61. The normalized spacial score (nSPS) is 31.5. The van der Waals surface area contributed by atoms with Crippen molar-refractivity contribution in [2.45, 2.75) is 76.0 Å². The number of carbonyl (C=O) groups is 2. The van der Waals surface area contributed by atoms with E-state index < -0.39 is 11.1 Å². The van der Waals surface area contributed by atoms with Gasteiger partial charge in [-0.25, -0.2) is 0 Å². The lowest BCUT2D eigenvalue weighted by molar-refractivity contribution is -0.166. The molecule has 21 heavy (non-hydrogen) atoms. The van der Waals surface area contributed by atoms with E-state index in [0.717, 1.165) is 51.6 Å². The van der Waals surface area contributed by atoms with E-state index in [2.05, 4.69) is 5.32 Å². The fourth-order valence-electron chi connectivity index (χ4n) is 3.99. The van der Waals surface area contributed by atoms with Gasteiger partial charge in [0.15, 0.2) is 0 Å². The van der Waals surface area contributed by atoms with Gasteiger partial charge in [0.25, 0.3) is 0 Å². The number of hydrogen-bond donors (Lipinski definition) is 1. The minimum atomic E-state index is -0.807. The van der Waals surface area contributed by atoms with Gasteiger partial charge in [0.05, 0.1) is 6.10 Å². The van der Waals surface area contributed by atoms with E-state index in [1.54, 1.807) is 13.8 Å². The molecule has 5 nitrogen and oxygen atoms in total. The highest BCUT2D eigenvalue weighted by atomic mass is 16.5. The Kier molecular flexibility index (Phi) is 3.72. The zero-order chi connectivity index (χ0) is 15.1. The molecule has 0 aromatic heterocycles. The molecule has 2 amide bonds. The van der Waals surface area contributed by atoms with E-state index >= 15 is 0 Å². The molecule has 3 fully saturated rings. The van der Waals surface area contributed by atoms with Crippen LogP contribution < -0.4 is 5.32 Å². The standard InChI is InChI=1S/C16H26N2O3/c1-15(2)14(20)18(11-12-7-6-10-21-12)16(13(19)17-15)8-4-3-5-9-16/h12H,3-11H2,1-2H3,(H,17,19). The van der Waals surface area contributed by atoms with E-state index in [1.807, 2.05) is 4.90 Å². The Balaban J connectivity index is 1.90. The molecule has 118 valence electrons. The van der Waals surface area contributed by atoms with Gasteiger partial charge < -0.3 is 15.0 Å². The summed E-state index contributed by atoms with van der Waals surface area (Å²) in [4.78, 5) is 27.5. The molecular formula is C16H26N2O3. The van der Waals surface area contributed by atoms with Gasteiger partial charge in [-0.2, -0.15) is 0 Å². The summed E-state index contributed by atoms with van der Waals surface area (Å²) in [5.41, 5.74) is -1.44. The number of amides is 2. The number of ether oxygens (including phenoxy) is 1. The van der Waals surface area contributed by atoms with E-state index in [4.69, 9.17) is 4.74 Å². The Morgan fingerprint density at radius 1 is 1.19 bits per heavy atom. The van der Waals surface area contributed by atoms with Gasteiger partial charge >= 0.3 is 0 Å². The summed E-state index contributed by atoms with van der Waals surface area (Å²) in [5, 5.41) is 2.95. The summed E-state index contributed by atoms with van der Waals surface area (Å²) in [6.07, 6.45) is 6.89. The van der Waals surface area contributed by atoms with Crippen molar-refractivity contribution in [3.8, 4) is 0 Å². The van der Waals surface area contributed by atoms with Crippen LogP contribution in [-0.2, 0) is 14.3 Å². The Labute approximate surface area is 126 Å². The highest BCUT2D eigenvalue weighted by Gasteiger charge is 2.55. The maximum absolute atomic E-state index is 12.9. The monoisotopic (exact) mass is 294 g/mol. The number of piperazine rings is 1. The van der Waals surface area contributed by atoms with Crippen LogP contribution in [0, 0.1) is 0 Å². The van der Waals surface area contributed by atoms with E-state index in [-0.39, 0.29) is 17.9 Å². The van der Waals surface area contributed by atoms with Crippen LogP contribution in [0.4, 0.5) is 0 Å². The Morgan fingerprint density at radius 2 is 1.90 bits per heavy atom. The number of rotatable bonds is 2. The van der Waals surface area contributed by atoms with Gasteiger partial charge in [0, 0.05) is 13.2 Å². The first-order valence-electron chi connectivity index (χ1n) is 8.22. The van der Waals surface area contributed by atoms with Gasteiger partial charge in [-0.05, 0) is 39.5 Å². The van der Waals surface area contributed by atoms with Crippen molar-refractivity contribution in [1.82, 2.24) is 10.2 Å². The largest absolute Gasteiger partial charge is 0.376 e. The molecule has 2 heterocycles. The maximum Gasteiger partial charge on any atom is 0.248 e. The summed E-state index contributed by atoms with van der Waals surface area (Å²) in [5.74, 6) is 0.0734. The molecule has 1 aliphatic carbocycles. The second-order valence-electron chi connectivity index (χ2n) is 7.22. The third-order valence-electron chi connectivity index (χ3n) is 5.24. The van der Waals surface area contributed by atoms with Crippen molar-refractivity contribution in [3.63, 3.8) is 0 Å². The second kappa shape index (κ2) is 5.27. The third kappa shape index (κ3) is 2.45. The molecule has 3 aliphatic rings. The highest BCUT2D eigenvalue weighted by Crippen LogP contribution is 2.39. The van der Waals surface area contributed by atoms with Crippen molar-refractivity contribution >= 4 is 11.8 Å². The number of nitrogens with one attached hydrogen (secondary N) is 1. The van der Waals surface area contributed by atoms with Crippen molar-refractivity contribution in [1.29, 1.82) is 0 Å². The smallest absolute Gasteiger partial charge is 0.248 e. The Hall–Kier alpha value is -1.10. The van der Waals surface area contributed by atoms with Crippen LogP contribution in [0.1, 0.15) is 58.8 Å². The summed E-state index contributed by atoms with van der Waals surface area (Å²) >= 11 is 0. The first-order valence-corrected chi connectivity index (χ1v) is 8.22.